The second kappa shape index (κ2) is 6.86. The number of furan rings is 1. The van der Waals surface area contributed by atoms with Crippen LogP contribution in [0.1, 0.15) is 38.4 Å². The standard InChI is InChI=1S/C15H16N2O5/c1-9-3-4-13(22-9)12(8-21-2)17-14(18)10-5-6-16-11(7-10)15(19)20/h3-7,12H,8H2,1-2H3,(H,17,18)(H,19,20). The van der Waals surface area contributed by atoms with E-state index in [-0.39, 0.29) is 17.9 Å². The topological polar surface area (TPSA) is 102 Å². The zero-order valence-corrected chi connectivity index (χ0v) is 12.2. The third-order valence-corrected chi connectivity index (χ3v) is 2.98. The number of carboxylic acid groups (broad SMARTS) is 1. The second-order valence-electron chi connectivity index (χ2n) is 4.66. The van der Waals surface area contributed by atoms with E-state index in [4.69, 9.17) is 14.3 Å². The number of aromatic nitrogens is 1. The number of amides is 1. The van der Waals surface area contributed by atoms with Crippen molar-refractivity contribution < 1.29 is 23.8 Å². The van der Waals surface area contributed by atoms with Crippen LogP contribution in [0.4, 0.5) is 0 Å². The Morgan fingerprint density at radius 2 is 2.18 bits per heavy atom. The Morgan fingerprint density at radius 1 is 1.41 bits per heavy atom. The lowest BCUT2D eigenvalue weighted by molar-refractivity contribution is 0.0690. The van der Waals surface area contributed by atoms with E-state index in [9.17, 15) is 9.59 Å². The molecule has 2 aromatic heterocycles. The summed E-state index contributed by atoms with van der Waals surface area (Å²) in [6.45, 7) is 2.03. The minimum Gasteiger partial charge on any atom is -0.477 e. The van der Waals surface area contributed by atoms with Crippen LogP contribution >= 0.6 is 0 Å². The summed E-state index contributed by atoms with van der Waals surface area (Å²) < 4.78 is 10.6. The first-order chi connectivity index (χ1) is 10.5. The second-order valence-corrected chi connectivity index (χ2v) is 4.66. The van der Waals surface area contributed by atoms with Crippen LogP contribution in [-0.4, -0.2) is 35.7 Å². The van der Waals surface area contributed by atoms with Crippen LogP contribution in [-0.2, 0) is 4.74 Å². The van der Waals surface area contributed by atoms with Crippen LogP contribution in [0.25, 0.3) is 0 Å². The average molecular weight is 304 g/mol. The maximum Gasteiger partial charge on any atom is 0.354 e. The summed E-state index contributed by atoms with van der Waals surface area (Å²) >= 11 is 0. The first-order valence-electron chi connectivity index (χ1n) is 6.56. The zero-order chi connectivity index (χ0) is 16.1. The molecule has 2 rings (SSSR count). The molecule has 116 valence electrons. The molecule has 0 aromatic carbocycles. The van der Waals surface area contributed by atoms with Gasteiger partial charge < -0.3 is 19.6 Å². The number of nitrogens with zero attached hydrogens (tertiary/aromatic N) is 1. The van der Waals surface area contributed by atoms with Crippen molar-refractivity contribution in [3.8, 4) is 0 Å². The minimum absolute atomic E-state index is 0.190. The lowest BCUT2D eigenvalue weighted by atomic mass is 10.1. The molecule has 1 amide bonds. The predicted octanol–water partition coefficient (Wildman–Crippen LogP) is 1.80. The molecule has 2 heterocycles. The molecular formula is C15H16N2O5. The van der Waals surface area contributed by atoms with Crippen LogP contribution in [0.2, 0.25) is 0 Å². The predicted molar refractivity (Wildman–Crippen MR) is 76.7 cm³/mol. The lowest BCUT2D eigenvalue weighted by Gasteiger charge is -2.16. The third kappa shape index (κ3) is 3.70. The summed E-state index contributed by atoms with van der Waals surface area (Å²) in [6, 6.07) is 5.74. The smallest absolute Gasteiger partial charge is 0.354 e. The Balaban J connectivity index is 2.17. The number of methoxy groups -OCH3 is 1. The van der Waals surface area contributed by atoms with Crippen LogP contribution in [0.15, 0.2) is 34.9 Å². The van der Waals surface area contributed by atoms with Crippen molar-refractivity contribution in [2.24, 2.45) is 0 Å². The highest BCUT2D eigenvalue weighted by Crippen LogP contribution is 2.17. The van der Waals surface area contributed by atoms with E-state index in [0.717, 1.165) is 5.76 Å². The zero-order valence-electron chi connectivity index (χ0n) is 12.2. The highest BCUT2D eigenvalue weighted by atomic mass is 16.5. The normalized spacial score (nSPS) is 11.9. The molecule has 1 unspecified atom stereocenters. The van der Waals surface area contributed by atoms with E-state index < -0.39 is 17.9 Å². The molecule has 2 N–H and O–H groups in total. The molecule has 22 heavy (non-hydrogen) atoms. The SMILES string of the molecule is COCC(NC(=O)c1ccnc(C(=O)O)c1)c1ccc(C)o1. The van der Waals surface area contributed by atoms with E-state index in [1.54, 1.807) is 19.1 Å². The number of carbonyl (C=O) groups excluding carboxylic acids is 1. The fourth-order valence-electron chi connectivity index (χ4n) is 1.93. The van der Waals surface area contributed by atoms with Gasteiger partial charge in [0, 0.05) is 18.9 Å². The Hall–Kier alpha value is -2.67. The van der Waals surface area contributed by atoms with Crippen molar-refractivity contribution >= 4 is 11.9 Å². The van der Waals surface area contributed by atoms with Crippen LogP contribution in [0.5, 0.6) is 0 Å². The van der Waals surface area contributed by atoms with Crippen LogP contribution in [0, 0.1) is 6.92 Å². The van der Waals surface area contributed by atoms with Crippen molar-refractivity contribution in [2.45, 2.75) is 13.0 Å². The molecule has 2 aromatic rings. The molecule has 7 nitrogen and oxygen atoms in total. The Kier molecular flexibility index (Phi) is 4.90. The first kappa shape index (κ1) is 15.7. The van der Waals surface area contributed by atoms with Crippen molar-refractivity contribution in [1.82, 2.24) is 10.3 Å². The third-order valence-electron chi connectivity index (χ3n) is 2.98. The van der Waals surface area contributed by atoms with Gasteiger partial charge in [-0.05, 0) is 31.2 Å². The summed E-state index contributed by atoms with van der Waals surface area (Å²) in [5, 5.41) is 11.7. The fourth-order valence-corrected chi connectivity index (χ4v) is 1.93. The number of aryl methyl sites for hydroxylation is 1. The monoisotopic (exact) mass is 304 g/mol. The average Bonchev–Trinajstić information content (AvgIpc) is 2.93. The number of hydrogen-bond acceptors (Lipinski definition) is 5. The Morgan fingerprint density at radius 3 is 2.77 bits per heavy atom. The maximum absolute atomic E-state index is 12.3. The number of nitrogens with one attached hydrogen (secondary N) is 1. The molecule has 0 aliphatic carbocycles. The van der Waals surface area contributed by atoms with Gasteiger partial charge in [0.25, 0.3) is 5.91 Å². The number of carboxylic acids is 1. The van der Waals surface area contributed by atoms with Gasteiger partial charge in [0.2, 0.25) is 0 Å². The molecule has 0 bridgehead atoms. The molecule has 0 spiro atoms. The molecule has 0 saturated carbocycles. The molecule has 1 atom stereocenters. The minimum atomic E-state index is -1.19. The summed E-state index contributed by atoms with van der Waals surface area (Å²) in [5.74, 6) is -0.326. The molecule has 0 radical (unpaired) electrons. The van der Waals surface area contributed by atoms with Crippen LogP contribution in [0.3, 0.4) is 0 Å². The quantitative estimate of drug-likeness (QED) is 0.843. The van der Waals surface area contributed by atoms with Gasteiger partial charge in [-0.15, -0.1) is 0 Å². The van der Waals surface area contributed by atoms with Crippen molar-refractivity contribution in [3.63, 3.8) is 0 Å². The number of hydrogen-bond donors (Lipinski definition) is 2. The Bertz CT molecular complexity index is 680. The molecule has 0 aliphatic heterocycles. The summed E-state index contributed by atoms with van der Waals surface area (Å²) in [5.41, 5.74) is 0.0153. The van der Waals surface area contributed by atoms with Gasteiger partial charge in [-0.3, -0.25) is 4.79 Å². The number of pyridine rings is 1. The number of aromatic carboxylic acids is 1. The van der Waals surface area contributed by atoms with Gasteiger partial charge in [0.1, 0.15) is 23.3 Å². The highest BCUT2D eigenvalue weighted by Gasteiger charge is 2.19. The van der Waals surface area contributed by atoms with Gasteiger partial charge in [-0.1, -0.05) is 0 Å². The first-order valence-corrected chi connectivity index (χ1v) is 6.56. The van der Waals surface area contributed by atoms with Gasteiger partial charge in [-0.2, -0.15) is 0 Å². The van der Waals surface area contributed by atoms with E-state index in [0.29, 0.717) is 5.76 Å². The molecule has 0 saturated heterocycles. The molecule has 0 aliphatic rings. The number of carbonyl (C=O) groups is 2. The molecular weight excluding hydrogens is 288 g/mol. The van der Waals surface area contributed by atoms with Crippen molar-refractivity contribution in [1.29, 1.82) is 0 Å². The van der Waals surface area contributed by atoms with Gasteiger partial charge in [0.05, 0.1) is 6.61 Å². The lowest BCUT2D eigenvalue weighted by Crippen LogP contribution is -2.31. The highest BCUT2D eigenvalue weighted by molar-refractivity contribution is 5.96. The van der Waals surface area contributed by atoms with Gasteiger partial charge in [0.15, 0.2) is 0 Å². The molecule has 7 heteroatoms. The van der Waals surface area contributed by atoms with E-state index in [2.05, 4.69) is 10.3 Å². The number of ether oxygens (including phenoxy) is 1. The van der Waals surface area contributed by atoms with E-state index >= 15 is 0 Å². The summed E-state index contributed by atoms with van der Waals surface area (Å²) in [6.07, 6.45) is 1.28. The fraction of sp³-hybridized carbons (Fsp3) is 0.267. The summed E-state index contributed by atoms with van der Waals surface area (Å²) in [7, 11) is 1.52. The largest absolute Gasteiger partial charge is 0.477 e. The van der Waals surface area contributed by atoms with Gasteiger partial charge in [-0.25, -0.2) is 9.78 Å². The van der Waals surface area contributed by atoms with Gasteiger partial charge >= 0.3 is 5.97 Å². The molecule has 0 fully saturated rings. The maximum atomic E-state index is 12.3. The van der Waals surface area contributed by atoms with Crippen LogP contribution < -0.4 is 5.32 Å². The Labute approximate surface area is 126 Å². The van der Waals surface area contributed by atoms with E-state index in [1.165, 1.54) is 25.4 Å². The van der Waals surface area contributed by atoms with Crippen molar-refractivity contribution in [2.75, 3.05) is 13.7 Å². The van der Waals surface area contributed by atoms with E-state index in [1.807, 2.05) is 0 Å². The van der Waals surface area contributed by atoms with Crippen molar-refractivity contribution in [3.05, 3.63) is 53.2 Å². The summed E-state index contributed by atoms with van der Waals surface area (Å²) in [4.78, 5) is 26.8. The number of rotatable bonds is 6.